The molecule has 1 aliphatic heterocycles. The van der Waals surface area contributed by atoms with Gasteiger partial charge in [0.2, 0.25) is 0 Å². The number of aromatic nitrogens is 2. The van der Waals surface area contributed by atoms with Crippen LogP contribution >= 0.6 is 0 Å². The third kappa shape index (κ3) is 1.59. The molecule has 0 saturated carbocycles. The Hall–Kier alpha value is -0.870. The minimum atomic E-state index is -0.435. The first-order chi connectivity index (χ1) is 6.29. The van der Waals surface area contributed by atoms with Crippen LogP contribution in [0.2, 0.25) is 0 Å². The van der Waals surface area contributed by atoms with E-state index in [-0.39, 0.29) is 5.92 Å². The van der Waals surface area contributed by atoms with Crippen LogP contribution in [0, 0.1) is 5.92 Å². The second-order valence-corrected chi connectivity index (χ2v) is 3.50. The van der Waals surface area contributed by atoms with Crippen molar-refractivity contribution in [3.8, 4) is 0 Å². The van der Waals surface area contributed by atoms with Gasteiger partial charge in [-0.2, -0.15) is 0 Å². The van der Waals surface area contributed by atoms with Gasteiger partial charge in [-0.25, -0.2) is 4.98 Å². The lowest BCUT2D eigenvalue weighted by atomic mass is 9.99. The molecular formula is C9H14N2O2. The van der Waals surface area contributed by atoms with Crippen molar-refractivity contribution in [1.82, 2.24) is 9.55 Å². The summed E-state index contributed by atoms with van der Waals surface area (Å²) >= 11 is 0. The Bertz CT molecular complexity index is 279. The van der Waals surface area contributed by atoms with E-state index in [1.807, 2.05) is 11.6 Å². The minimum Gasteiger partial charge on any atom is -0.386 e. The number of ether oxygens (including phenoxy) is 1. The van der Waals surface area contributed by atoms with Crippen molar-refractivity contribution < 1.29 is 9.84 Å². The van der Waals surface area contributed by atoms with Crippen LogP contribution in [0.15, 0.2) is 12.5 Å². The third-order valence-electron chi connectivity index (χ3n) is 2.57. The van der Waals surface area contributed by atoms with Crippen molar-refractivity contribution in [1.29, 1.82) is 0 Å². The van der Waals surface area contributed by atoms with Gasteiger partial charge >= 0.3 is 0 Å². The van der Waals surface area contributed by atoms with E-state index < -0.39 is 6.10 Å². The molecule has 0 aliphatic carbocycles. The average molecular weight is 182 g/mol. The number of nitrogens with zero attached hydrogens (tertiary/aromatic N) is 2. The van der Waals surface area contributed by atoms with Crippen molar-refractivity contribution >= 4 is 0 Å². The standard InChI is InChI=1S/C9H14N2O2/c1-11-6-10-4-8(11)9(12)7-2-3-13-5-7/h4,6-7,9,12H,2-3,5H2,1H3. The number of aryl methyl sites for hydroxylation is 1. The minimum absolute atomic E-state index is 0.232. The van der Waals surface area contributed by atoms with Gasteiger partial charge in [0.1, 0.15) is 6.10 Å². The van der Waals surface area contributed by atoms with Crippen molar-refractivity contribution in [2.24, 2.45) is 13.0 Å². The van der Waals surface area contributed by atoms with E-state index in [0.717, 1.165) is 18.7 Å². The Morgan fingerprint density at radius 1 is 1.77 bits per heavy atom. The summed E-state index contributed by atoms with van der Waals surface area (Å²) in [7, 11) is 1.89. The average Bonchev–Trinajstić information content (AvgIpc) is 2.72. The molecule has 0 aromatic carbocycles. The summed E-state index contributed by atoms with van der Waals surface area (Å²) in [4.78, 5) is 3.98. The van der Waals surface area contributed by atoms with Crippen LogP contribution in [0.4, 0.5) is 0 Å². The number of rotatable bonds is 2. The Balaban J connectivity index is 2.12. The smallest absolute Gasteiger partial charge is 0.101 e. The second kappa shape index (κ2) is 3.47. The van der Waals surface area contributed by atoms with E-state index in [2.05, 4.69) is 4.98 Å². The fourth-order valence-corrected chi connectivity index (χ4v) is 1.70. The molecule has 1 aliphatic rings. The van der Waals surface area contributed by atoms with Crippen LogP contribution in [0.5, 0.6) is 0 Å². The molecule has 0 radical (unpaired) electrons. The summed E-state index contributed by atoms with van der Waals surface area (Å²) in [5, 5.41) is 9.95. The summed E-state index contributed by atoms with van der Waals surface area (Å²) in [5.74, 6) is 0.232. The first-order valence-electron chi connectivity index (χ1n) is 4.51. The van der Waals surface area contributed by atoms with Crippen LogP contribution in [-0.4, -0.2) is 27.9 Å². The Kier molecular flexibility index (Phi) is 2.33. The lowest BCUT2D eigenvalue weighted by Gasteiger charge is -2.16. The van der Waals surface area contributed by atoms with E-state index in [4.69, 9.17) is 4.74 Å². The highest BCUT2D eigenvalue weighted by molar-refractivity contribution is 5.04. The van der Waals surface area contributed by atoms with Gasteiger partial charge in [-0.3, -0.25) is 0 Å². The lowest BCUT2D eigenvalue weighted by molar-refractivity contribution is 0.0863. The number of aliphatic hydroxyl groups excluding tert-OH is 1. The second-order valence-electron chi connectivity index (χ2n) is 3.50. The van der Waals surface area contributed by atoms with Crippen molar-refractivity contribution in [3.63, 3.8) is 0 Å². The molecule has 0 bridgehead atoms. The third-order valence-corrected chi connectivity index (χ3v) is 2.57. The zero-order valence-electron chi connectivity index (χ0n) is 7.68. The molecule has 2 atom stereocenters. The predicted molar refractivity (Wildman–Crippen MR) is 47.1 cm³/mol. The predicted octanol–water partition coefficient (Wildman–Crippen LogP) is 0.490. The maximum Gasteiger partial charge on any atom is 0.101 e. The van der Waals surface area contributed by atoms with Gasteiger partial charge in [0.05, 0.1) is 24.8 Å². The Morgan fingerprint density at radius 2 is 2.62 bits per heavy atom. The van der Waals surface area contributed by atoms with E-state index in [1.54, 1.807) is 12.5 Å². The Labute approximate surface area is 77.2 Å². The zero-order valence-corrected chi connectivity index (χ0v) is 7.68. The molecule has 2 unspecified atom stereocenters. The highest BCUT2D eigenvalue weighted by Gasteiger charge is 2.26. The molecule has 4 nitrogen and oxygen atoms in total. The van der Waals surface area contributed by atoms with Crippen LogP contribution in [0.25, 0.3) is 0 Å². The summed E-state index contributed by atoms with van der Waals surface area (Å²) in [6.45, 7) is 1.42. The van der Waals surface area contributed by atoms with Crippen molar-refractivity contribution in [3.05, 3.63) is 18.2 Å². The normalized spacial score (nSPS) is 24.9. The largest absolute Gasteiger partial charge is 0.386 e. The molecule has 13 heavy (non-hydrogen) atoms. The highest BCUT2D eigenvalue weighted by atomic mass is 16.5. The molecule has 0 amide bonds. The van der Waals surface area contributed by atoms with Crippen LogP contribution < -0.4 is 0 Å². The first kappa shape index (κ1) is 8.72. The number of hydrogen-bond donors (Lipinski definition) is 1. The van der Waals surface area contributed by atoms with Crippen LogP contribution in [-0.2, 0) is 11.8 Å². The molecule has 1 saturated heterocycles. The fourth-order valence-electron chi connectivity index (χ4n) is 1.70. The molecule has 2 rings (SSSR count). The summed E-state index contributed by atoms with van der Waals surface area (Å²) in [5.41, 5.74) is 0.871. The van der Waals surface area contributed by atoms with Gasteiger partial charge < -0.3 is 14.4 Å². The van der Waals surface area contributed by atoms with Gasteiger partial charge in [0.15, 0.2) is 0 Å². The molecule has 1 aromatic heterocycles. The lowest BCUT2D eigenvalue weighted by Crippen LogP contribution is -2.15. The van der Waals surface area contributed by atoms with E-state index >= 15 is 0 Å². The molecule has 72 valence electrons. The van der Waals surface area contributed by atoms with Gasteiger partial charge in [0.25, 0.3) is 0 Å². The zero-order chi connectivity index (χ0) is 9.26. The van der Waals surface area contributed by atoms with Crippen molar-refractivity contribution in [2.45, 2.75) is 12.5 Å². The quantitative estimate of drug-likeness (QED) is 0.724. The number of imidazole rings is 1. The maximum atomic E-state index is 9.95. The molecule has 0 spiro atoms. The van der Waals surface area contributed by atoms with Gasteiger partial charge in [-0.05, 0) is 6.42 Å². The van der Waals surface area contributed by atoms with Crippen LogP contribution in [0.1, 0.15) is 18.2 Å². The van der Waals surface area contributed by atoms with E-state index in [1.165, 1.54) is 0 Å². The van der Waals surface area contributed by atoms with Gasteiger partial charge in [-0.15, -0.1) is 0 Å². The fraction of sp³-hybridized carbons (Fsp3) is 0.667. The number of aliphatic hydroxyl groups is 1. The molecule has 1 fully saturated rings. The van der Waals surface area contributed by atoms with Crippen molar-refractivity contribution in [2.75, 3.05) is 13.2 Å². The number of hydrogen-bond acceptors (Lipinski definition) is 3. The Morgan fingerprint density at radius 3 is 3.15 bits per heavy atom. The van der Waals surface area contributed by atoms with E-state index in [9.17, 15) is 5.11 Å². The summed E-state index contributed by atoms with van der Waals surface area (Å²) in [6.07, 6.45) is 3.92. The topological polar surface area (TPSA) is 47.3 Å². The molecule has 1 N–H and O–H groups in total. The monoisotopic (exact) mass is 182 g/mol. The van der Waals surface area contributed by atoms with Gasteiger partial charge in [-0.1, -0.05) is 0 Å². The molecule has 1 aromatic rings. The van der Waals surface area contributed by atoms with E-state index in [0.29, 0.717) is 6.61 Å². The maximum absolute atomic E-state index is 9.95. The highest BCUT2D eigenvalue weighted by Crippen LogP contribution is 2.27. The molecular weight excluding hydrogens is 168 g/mol. The summed E-state index contributed by atoms with van der Waals surface area (Å²) in [6, 6.07) is 0. The summed E-state index contributed by atoms with van der Waals surface area (Å²) < 4.78 is 7.08. The van der Waals surface area contributed by atoms with Crippen LogP contribution in [0.3, 0.4) is 0 Å². The molecule has 4 heteroatoms. The van der Waals surface area contributed by atoms with Gasteiger partial charge in [0, 0.05) is 19.6 Å². The SMILES string of the molecule is Cn1cncc1C(O)C1CCOC1. The first-order valence-corrected chi connectivity index (χ1v) is 4.51. The molecule has 2 heterocycles.